The molecule has 0 bridgehead atoms. The first-order valence-electron chi connectivity index (χ1n) is 6.84. The van der Waals surface area contributed by atoms with E-state index in [0.717, 1.165) is 12.1 Å². The molecule has 0 unspecified atom stereocenters. The molecule has 2 N–H and O–H groups in total. The summed E-state index contributed by atoms with van der Waals surface area (Å²) in [4.78, 5) is 11.1. The Morgan fingerprint density at radius 2 is 1.72 bits per heavy atom. The fourth-order valence-electron chi connectivity index (χ4n) is 1.88. The second kappa shape index (κ2) is 8.56. The van der Waals surface area contributed by atoms with Gasteiger partial charge in [-0.3, -0.25) is 0 Å². The summed E-state index contributed by atoms with van der Waals surface area (Å²) in [5, 5.41) is 5.28. The normalized spacial score (nSPS) is 10.1. The molecule has 18 heavy (non-hydrogen) atoms. The predicted octanol–water partition coefficient (Wildman–Crippen LogP) is 3.95. The predicted molar refractivity (Wildman–Crippen MR) is 77.0 cm³/mol. The fraction of sp³-hybridized carbons (Fsp3) is 0.533. The van der Waals surface area contributed by atoms with E-state index >= 15 is 0 Å². The molecule has 3 nitrogen and oxygen atoms in total. The average molecular weight is 248 g/mol. The summed E-state index contributed by atoms with van der Waals surface area (Å²) in [5.74, 6) is 0. The topological polar surface area (TPSA) is 41.1 Å². The minimum atomic E-state index is -0.178. The third kappa shape index (κ3) is 5.71. The standard InChI is InChI=1S/C15H24N2O/c1-3-4-5-6-7-8-13-9-11-14(12-10-13)17-15(18)16-2/h9-12H,3-8H2,1-2H3,(H2,16,17,18). The molecule has 2 amide bonds. The second-order valence-electron chi connectivity index (χ2n) is 4.57. The van der Waals surface area contributed by atoms with Gasteiger partial charge >= 0.3 is 6.03 Å². The Hall–Kier alpha value is -1.51. The van der Waals surface area contributed by atoms with E-state index in [1.165, 1.54) is 37.7 Å². The van der Waals surface area contributed by atoms with E-state index in [-0.39, 0.29) is 6.03 Å². The van der Waals surface area contributed by atoms with E-state index in [9.17, 15) is 4.79 Å². The highest BCUT2D eigenvalue weighted by Crippen LogP contribution is 2.13. The Morgan fingerprint density at radius 3 is 2.33 bits per heavy atom. The van der Waals surface area contributed by atoms with Gasteiger partial charge in [-0.2, -0.15) is 0 Å². The van der Waals surface area contributed by atoms with Crippen molar-refractivity contribution in [1.29, 1.82) is 0 Å². The van der Waals surface area contributed by atoms with Crippen LogP contribution in [0.25, 0.3) is 0 Å². The van der Waals surface area contributed by atoms with Crippen molar-refractivity contribution in [3.8, 4) is 0 Å². The van der Waals surface area contributed by atoms with Crippen LogP contribution in [0.2, 0.25) is 0 Å². The molecule has 0 atom stereocenters. The lowest BCUT2D eigenvalue weighted by atomic mass is 10.1. The zero-order valence-electron chi connectivity index (χ0n) is 11.5. The number of urea groups is 1. The van der Waals surface area contributed by atoms with Crippen molar-refractivity contribution in [2.75, 3.05) is 12.4 Å². The maximum absolute atomic E-state index is 11.1. The largest absolute Gasteiger partial charge is 0.341 e. The number of unbranched alkanes of at least 4 members (excludes halogenated alkanes) is 4. The van der Waals surface area contributed by atoms with Gasteiger partial charge in [-0.05, 0) is 30.5 Å². The van der Waals surface area contributed by atoms with Crippen molar-refractivity contribution in [1.82, 2.24) is 5.32 Å². The van der Waals surface area contributed by atoms with Crippen LogP contribution in [0.4, 0.5) is 10.5 Å². The van der Waals surface area contributed by atoms with Gasteiger partial charge in [0.25, 0.3) is 0 Å². The summed E-state index contributed by atoms with van der Waals surface area (Å²) in [6.45, 7) is 2.23. The van der Waals surface area contributed by atoms with Crippen LogP contribution in [-0.4, -0.2) is 13.1 Å². The van der Waals surface area contributed by atoms with Gasteiger partial charge < -0.3 is 10.6 Å². The highest BCUT2D eigenvalue weighted by Gasteiger charge is 1.98. The average Bonchev–Trinajstić information content (AvgIpc) is 2.40. The highest BCUT2D eigenvalue weighted by atomic mass is 16.2. The Kier molecular flexibility index (Phi) is 6.92. The summed E-state index contributed by atoms with van der Waals surface area (Å²) in [7, 11) is 1.61. The minimum Gasteiger partial charge on any atom is -0.341 e. The highest BCUT2D eigenvalue weighted by molar-refractivity contribution is 5.88. The molecule has 0 aromatic heterocycles. The van der Waals surface area contributed by atoms with Gasteiger partial charge in [-0.25, -0.2) is 4.79 Å². The summed E-state index contributed by atoms with van der Waals surface area (Å²) in [6, 6.07) is 7.91. The monoisotopic (exact) mass is 248 g/mol. The van der Waals surface area contributed by atoms with Crippen molar-refractivity contribution in [2.24, 2.45) is 0 Å². The molecular weight excluding hydrogens is 224 g/mol. The van der Waals surface area contributed by atoms with E-state index in [4.69, 9.17) is 0 Å². The van der Waals surface area contributed by atoms with Crippen LogP contribution in [0, 0.1) is 0 Å². The van der Waals surface area contributed by atoms with Gasteiger partial charge in [0.2, 0.25) is 0 Å². The molecule has 1 rings (SSSR count). The van der Waals surface area contributed by atoms with Gasteiger partial charge in [-0.15, -0.1) is 0 Å². The van der Waals surface area contributed by atoms with Crippen LogP contribution >= 0.6 is 0 Å². The number of hydrogen-bond acceptors (Lipinski definition) is 1. The Labute approximate surface area is 110 Å². The van der Waals surface area contributed by atoms with Crippen LogP contribution in [0.5, 0.6) is 0 Å². The van der Waals surface area contributed by atoms with E-state index in [0.29, 0.717) is 0 Å². The van der Waals surface area contributed by atoms with Crippen LogP contribution in [0.15, 0.2) is 24.3 Å². The second-order valence-corrected chi connectivity index (χ2v) is 4.57. The Morgan fingerprint density at radius 1 is 1.06 bits per heavy atom. The maximum atomic E-state index is 11.1. The lowest BCUT2D eigenvalue weighted by molar-refractivity contribution is 0.254. The molecule has 3 heteroatoms. The molecular formula is C15H24N2O. The van der Waals surface area contributed by atoms with Gasteiger partial charge in [0.15, 0.2) is 0 Å². The quantitative estimate of drug-likeness (QED) is 0.705. The number of carbonyl (C=O) groups excluding carboxylic acids is 1. The first kappa shape index (κ1) is 14.6. The van der Waals surface area contributed by atoms with Crippen molar-refractivity contribution in [2.45, 2.75) is 45.4 Å². The summed E-state index contributed by atoms with van der Waals surface area (Å²) in [6.07, 6.45) is 7.67. The molecule has 1 aromatic carbocycles. The van der Waals surface area contributed by atoms with Gasteiger partial charge in [0.05, 0.1) is 0 Å². The molecule has 0 spiro atoms. The molecule has 0 aliphatic carbocycles. The van der Waals surface area contributed by atoms with Crippen molar-refractivity contribution >= 4 is 11.7 Å². The first-order valence-corrected chi connectivity index (χ1v) is 6.84. The molecule has 1 aromatic rings. The zero-order chi connectivity index (χ0) is 13.2. The summed E-state index contributed by atoms with van der Waals surface area (Å²) >= 11 is 0. The number of aryl methyl sites for hydroxylation is 1. The number of hydrogen-bond donors (Lipinski definition) is 2. The smallest absolute Gasteiger partial charge is 0.318 e. The number of anilines is 1. The maximum Gasteiger partial charge on any atom is 0.318 e. The third-order valence-corrected chi connectivity index (χ3v) is 3.01. The molecule has 0 saturated heterocycles. The first-order chi connectivity index (χ1) is 8.76. The molecule has 0 fully saturated rings. The molecule has 0 aliphatic heterocycles. The van der Waals surface area contributed by atoms with E-state index in [1.807, 2.05) is 12.1 Å². The number of nitrogens with one attached hydrogen (secondary N) is 2. The van der Waals surface area contributed by atoms with Crippen LogP contribution < -0.4 is 10.6 Å². The van der Waals surface area contributed by atoms with E-state index in [2.05, 4.69) is 29.7 Å². The Bertz CT molecular complexity index is 346. The van der Waals surface area contributed by atoms with Crippen LogP contribution in [0.1, 0.15) is 44.6 Å². The number of carbonyl (C=O) groups is 1. The number of rotatable bonds is 7. The fourth-order valence-corrected chi connectivity index (χ4v) is 1.88. The number of amides is 2. The van der Waals surface area contributed by atoms with Crippen molar-refractivity contribution in [3.63, 3.8) is 0 Å². The van der Waals surface area contributed by atoms with Gasteiger partial charge in [0, 0.05) is 12.7 Å². The van der Waals surface area contributed by atoms with Crippen molar-refractivity contribution in [3.05, 3.63) is 29.8 Å². The van der Waals surface area contributed by atoms with Crippen molar-refractivity contribution < 1.29 is 4.79 Å². The van der Waals surface area contributed by atoms with Crippen LogP contribution in [-0.2, 0) is 6.42 Å². The molecule has 0 saturated carbocycles. The zero-order valence-corrected chi connectivity index (χ0v) is 11.5. The van der Waals surface area contributed by atoms with Gasteiger partial charge in [0.1, 0.15) is 0 Å². The van der Waals surface area contributed by atoms with E-state index in [1.54, 1.807) is 7.05 Å². The minimum absolute atomic E-state index is 0.178. The molecule has 100 valence electrons. The molecule has 0 aliphatic rings. The number of benzene rings is 1. The molecule has 0 heterocycles. The summed E-state index contributed by atoms with van der Waals surface area (Å²) < 4.78 is 0. The Balaban J connectivity index is 2.29. The van der Waals surface area contributed by atoms with Gasteiger partial charge in [-0.1, -0.05) is 44.7 Å². The van der Waals surface area contributed by atoms with E-state index < -0.39 is 0 Å². The third-order valence-electron chi connectivity index (χ3n) is 3.01. The lowest BCUT2D eigenvalue weighted by Crippen LogP contribution is -2.24. The molecule has 0 radical (unpaired) electrons. The van der Waals surface area contributed by atoms with Crippen LogP contribution in [0.3, 0.4) is 0 Å². The SMILES string of the molecule is CCCCCCCc1ccc(NC(=O)NC)cc1. The summed E-state index contributed by atoms with van der Waals surface area (Å²) in [5.41, 5.74) is 2.18. The lowest BCUT2D eigenvalue weighted by Gasteiger charge is -2.06.